The van der Waals surface area contributed by atoms with Crippen molar-refractivity contribution in [3.63, 3.8) is 0 Å². The second-order valence-electron chi connectivity index (χ2n) is 3.79. The Bertz CT molecular complexity index is 651. The number of hydrogen-bond donors (Lipinski definition) is 2. The Balaban J connectivity index is 2.30. The highest BCUT2D eigenvalue weighted by molar-refractivity contribution is 6.31. The van der Waals surface area contributed by atoms with E-state index in [2.05, 4.69) is 21.9 Å². The molecule has 94 valence electrons. The summed E-state index contributed by atoms with van der Waals surface area (Å²) in [6, 6.07) is 4.98. The maximum absolute atomic E-state index is 11.8. The number of nitrogens with one attached hydrogen (secondary N) is 2. The molecule has 4 nitrogen and oxygen atoms in total. The largest absolute Gasteiger partial charge is 0.309 e. The normalized spacial score (nSPS) is 10.8. The monoisotopic (exact) mass is 283 g/mol. The fourth-order valence-corrected chi connectivity index (χ4v) is 1.82. The average molecular weight is 284 g/mol. The van der Waals surface area contributed by atoms with Crippen molar-refractivity contribution in [2.75, 3.05) is 6.54 Å². The molecule has 0 fully saturated rings. The van der Waals surface area contributed by atoms with Gasteiger partial charge >= 0.3 is 0 Å². The molecule has 18 heavy (non-hydrogen) atoms. The number of halogens is 2. The summed E-state index contributed by atoms with van der Waals surface area (Å²) in [4.78, 5) is 18.8. The molecule has 1 heterocycles. The van der Waals surface area contributed by atoms with Crippen LogP contribution in [0.5, 0.6) is 0 Å². The van der Waals surface area contributed by atoms with Crippen molar-refractivity contribution in [1.82, 2.24) is 15.3 Å². The second-order valence-corrected chi connectivity index (χ2v) is 4.77. The van der Waals surface area contributed by atoms with Crippen LogP contribution >= 0.6 is 23.2 Å². The zero-order valence-corrected chi connectivity index (χ0v) is 11.0. The summed E-state index contributed by atoms with van der Waals surface area (Å²) < 4.78 is 0. The molecule has 0 unspecified atom stereocenters. The van der Waals surface area contributed by atoms with Crippen LogP contribution in [0, 0.1) is 0 Å². The van der Waals surface area contributed by atoms with Gasteiger partial charge in [-0.25, -0.2) is 4.98 Å². The third kappa shape index (κ3) is 3.10. The minimum atomic E-state index is -0.182. The fourth-order valence-electron chi connectivity index (χ4n) is 1.56. The number of rotatable bonds is 4. The Morgan fingerprint density at radius 3 is 3.00 bits per heavy atom. The molecule has 6 heteroatoms. The average Bonchev–Trinajstić information content (AvgIpc) is 2.27. The molecule has 0 aliphatic carbocycles. The topological polar surface area (TPSA) is 57.8 Å². The molecule has 0 amide bonds. The highest BCUT2D eigenvalue weighted by Gasteiger charge is 2.04. The number of hydrogen-bond acceptors (Lipinski definition) is 3. The SMILES string of the molecule is C=C(Cl)CNCc1nc2cc(Cl)ccc2c(=O)[nH]1. The van der Waals surface area contributed by atoms with Gasteiger partial charge in [-0.05, 0) is 18.2 Å². The van der Waals surface area contributed by atoms with E-state index in [1.807, 2.05) is 0 Å². The third-order valence-corrected chi connectivity index (χ3v) is 2.70. The van der Waals surface area contributed by atoms with Crippen LogP contribution in [0.25, 0.3) is 10.9 Å². The Kier molecular flexibility index (Phi) is 4.01. The molecule has 0 spiro atoms. The first kappa shape index (κ1) is 13.1. The number of benzene rings is 1. The fraction of sp³-hybridized carbons (Fsp3) is 0.167. The van der Waals surface area contributed by atoms with E-state index < -0.39 is 0 Å². The predicted octanol–water partition coefficient (Wildman–Crippen LogP) is 2.42. The van der Waals surface area contributed by atoms with Crippen LogP contribution < -0.4 is 10.9 Å². The molecule has 2 rings (SSSR count). The number of nitrogens with zero attached hydrogens (tertiary/aromatic N) is 1. The van der Waals surface area contributed by atoms with E-state index in [9.17, 15) is 4.79 Å². The summed E-state index contributed by atoms with van der Waals surface area (Å²) in [5, 5.41) is 4.58. The van der Waals surface area contributed by atoms with Crippen molar-refractivity contribution in [3.8, 4) is 0 Å². The Morgan fingerprint density at radius 2 is 2.28 bits per heavy atom. The molecule has 0 aliphatic heterocycles. The van der Waals surface area contributed by atoms with Crippen LogP contribution in [0.2, 0.25) is 5.02 Å². The van der Waals surface area contributed by atoms with Gasteiger partial charge < -0.3 is 10.3 Å². The van der Waals surface area contributed by atoms with Gasteiger partial charge in [0.15, 0.2) is 0 Å². The highest BCUT2D eigenvalue weighted by Crippen LogP contribution is 2.14. The molecule has 0 atom stereocenters. The standard InChI is InChI=1S/C12H11Cl2N3O/c1-7(13)5-15-6-11-16-10-4-8(14)2-3-9(10)12(18)17-11/h2-4,15H,1,5-6H2,(H,16,17,18). The smallest absolute Gasteiger partial charge is 0.258 e. The minimum Gasteiger partial charge on any atom is -0.309 e. The molecule has 1 aromatic heterocycles. The van der Waals surface area contributed by atoms with Gasteiger partial charge in [-0.2, -0.15) is 0 Å². The first-order valence-corrected chi connectivity index (χ1v) is 6.04. The molecule has 0 saturated carbocycles. The van der Waals surface area contributed by atoms with E-state index in [0.717, 1.165) is 0 Å². The van der Waals surface area contributed by atoms with Gasteiger partial charge in [-0.15, -0.1) is 0 Å². The van der Waals surface area contributed by atoms with Crippen LogP contribution in [0.3, 0.4) is 0 Å². The third-order valence-electron chi connectivity index (χ3n) is 2.33. The molecular formula is C12H11Cl2N3O. The van der Waals surface area contributed by atoms with Crippen molar-refractivity contribution in [2.24, 2.45) is 0 Å². The summed E-state index contributed by atoms with van der Waals surface area (Å²) in [6.45, 7) is 4.42. The van der Waals surface area contributed by atoms with Crippen LogP contribution in [0.4, 0.5) is 0 Å². The number of aromatic nitrogens is 2. The zero-order valence-electron chi connectivity index (χ0n) is 9.46. The van der Waals surface area contributed by atoms with Crippen LogP contribution in [0.1, 0.15) is 5.82 Å². The van der Waals surface area contributed by atoms with Gasteiger partial charge in [0.1, 0.15) is 5.82 Å². The molecule has 1 aromatic carbocycles. The highest BCUT2D eigenvalue weighted by atomic mass is 35.5. The van der Waals surface area contributed by atoms with Crippen molar-refractivity contribution < 1.29 is 0 Å². The summed E-state index contributed by atoms with van der Waals surface area (Å²) in [5.41, 5.74) is 0.394. The molecule has 0 bridgehead atoms. The summed E-state index contributed by atoms with van der Waals surface area (Å²) >= 11 is 11.5. The lowest BCUT2D eigenvalue weighted by Crippen LogP contribution is -2.20. The van der Waals surface area contributed by atoms with Gasteiger partial charge in [0.25, 0.3) is 5.56 Å². The van der Waals surface area contributed by atoms with E-state index in [0.29, 0.717) is 39.9 Å². The first-order valence-electron chi connectivity index (χ1n) is 5.29. The Labute approximate surface area is 114 Å². The van der Waals surface area contributed by atoms with Crippen LogP contribution in [-0.4, -0.2) is 16.5 Å². The van der Waals surface area contributed by atoms with Crippen molar-refractivity contribution >= 4 is 34.1 Å². The van der Waals surface area contributed by atoms with Crippen molar-refractivity contribution in [3.05, 3.63) is 51.0 Å². The molecule has 0 radical (unpaired) electrons. The zero-order chi connectivity index (χ0) is 13.1. The van der Waals surface area contributed by atoms with Gasteiger partial charge in [-0.3, -0.25) is 4.79 Å². The van der Waals surface area contributed by atoms with E-state index >= 15 is 0 Å². The minimum absolute atomic E-state index is 0.182. The van der Waals surface area contributed by atoms with E-state index in [1.165, 1.54) is 0 Å². The lowest BCUT2D eigenvalue weighted by atomic mass is 10.2. The number of aromatic amines is 1. The molecule has 2 aromatic rings. The van der Waals surface area contributed by atoms with Gasteiger partial charge in [0, 0.05) is 16.6 Å². The van der Waals surface area contributed by atoms with Gasteiger partial charge in [-0.1, -0.05) is 29.8 Å². The number of H-pyrrole nitrogens is 1. The maximum Gasteiger partial charge on any atom is 0.258 e. The first-order chi connectivity index (χ1) is 8.56. The van der Waals surface area contributed by atoms with Crippen LogP contribution in [0.15, 0.2) is 34.6 Å². The number of fused-ring (bicyclic) bond motifs is 1. The van der Waals surface area contributed by atoms with E-state index in [4.69, 9.17) is 23.2 Å². The molecule has 0 aliphatic rings. The molecule has 0 saturated heterocycles. The molecular weight excluding hydrogens is 273 g/mol. The van der Waals surface area contributed by atoms with Crippen molar-refractivity contribution in [2.45, 2.75) is 6.54 Å². The summed E-state index contributed by atoms with van der Waals surface area (Å²) in [6.07, 6.45) is 0. The lowest BCUT2D eigenvalue weighted by Gasteiger charge is -2.04. The van der Waals surface area contributed by atoms with E-state index in [1.54, 1.807) is 18.2 Å². The Morgan fingerprint density at radius 1 is 1.50 bits per heavy atom. The van der Waals surface area contributed by atoms with Crippen molar-refractivity contribution in [1.29, 1.82) is 0 Å². The summed E-state index contributed by atoms with van der Waals surface area (Å²) in [5.74, 6) is 0.535. The molecule has 2 N–H and O–H groups in total. The predicted molar refractivity (Wildman–Crippen MR) is 74.1 cm³/mol. The second kappa shape index (κ2) is 5.52. The lowest BCUT2D eigenvalue weighted by molar-refractivity contribution is 0.713. The van der Waals surface area contributed by atoms with Crippen LogP contribution in [-0.2, 0) is 6.54 Å². The van der Waals surface area contributed by atoms with E-state index in [-0.39, 0.29) is 5.56 Å². The van der Waals surface area contributed by atoms with Gasteiger partial charge in [0.05, 0.1) is 17.4 Å². The van der Waals surface area contributed by atoms with Gasteiger partial charge in [0.2, 0.25) is 0 Å². The Hall–Kier alpha value is -1.36. The quantitative estimate of drug-likeness (QED) is 0.906. The summed E-state index contributed by atoms with van der Waals surface area (Å²) in [7, 11) is 0. The maximum atomic E-state index is 11.8.